The molecule has 0 aromatic carbocycles. The van der Waals surface area contributed by atoms with Crippen LogP contribution in [0.3, 0.4) is 0 Å². The third-order valence-electron chi connectivity index (χ3n) is 1.09. The van der Waals surface area contributed by atoms with Crippen LogP contribution in [0.4, 0.5) is 4.39 Å². The molecule has 0 amide bonds. The second kappa shape index (κ2) is 3.52. The summed E-state index contributed by atoms with van der Waals surface area (Å²) in [5, 5.41) is 8.43. The summed E-state index contributed by atoms with van der Waals surface area (Å²) in [6, 6.07) is 4.84. The van der Waals surface area contributed by atoms with Gasteiger partial charge in [-0.15, -0.1) is 0 Å². The van der Waals surface area contributed by atoms with E-state index in [-0.39, 0.29) is 11.4 Å². The topological polar surface area (TPSA) is 45.9 Å². The van der Waals surface area contributed by atoms with Gasteiger partial charge in [0.15, 0.2) is 11.4 Å². The molecule has 4 heteroatoms. The van der Waals surface area contributed by atoms with Gasteiger partial charge in [-0.3, -0.25) is 0 Å². The third-order valence-corrected chi connectivity index (χ3v) is 1.09. The monoisotopic (exact) mass is 152 g/mol. The van der Waals surface area contributed by atoms with E-state index in [4.69, 9.17) is 5.26 Å². The van der Waals surface area contributed by atoms with E-state index in [0.717, 1.165) is 0 Å². The van der Waals surface area contributed by atoms with Crippen molar-refractivity contribution in [1.82, 2.24) is 4.98 Å². The number of alkyl halides is 1. The Labute approximate surface area is 63.1 Å². The number of ether oxygens (including phenoxy) is 1. The summed E-state index contributed by atoms with van der Waals surface area (Å²) in [4.78, 5) is 3.66. The van der Waals surface area contributed by atoms with E-state index in [9.17, 15) is 4.39 Å². The summed E-state index contributed by atoms with van der Waals surface area (Å²) in [6.45, 7) is -0.944. The van der Waals surface area contributed by atoms with Crippen molar-refractivity contribution in [3.63, 3.8) is 0 Å². The first-order valence-corrected chi connectivity index (χ1v) is 2.92. The summed E-state index contributed by atoms with van der Waals surface area (Å²) in [5.41, 5.74) is 0.102. The van der Waals surface area contributed by atoms with Gasteiger partial charge in [-0.25, -0.2) is 9.37 Å². The van der Waals surface area contributed by atoms with E-state index in [1.165, 1.54) is 12.3 Å². The number of hydrogen-bond donors (Lipinski definition) is 0. The maximum Gasteiger partial charge on any atom is 0.228 e. The van der Waals surface area contributed by atoms with Crippen LogP contribution in [0, 0.1) is 11.3 Å². The number of halogens is 1. The van der Waals surface area contributed by atoms with Crippen LogP contribution in [0.1, 0.15) is 5.69 Å². The molecule has 0 fully saturated rings. The Morgan fingerprint density at radius 1 is 1.73 bits per heavy atom. The number of hydrogen-bond acceptors (Lipinski definition) is 3. The molecule has 0 aliphatic carbocycles. The molecule has 0 saturated heterocycles. The van der Waals surface area contributed by atoms with Crippen LogP contribution in [0.25, 0.3) is 0 Å². The van der Waals surface area contributed by atoms with Crippen molar-refractivity contribution in [3.8, 4) is 11.8 Å². The minimum atomic E-state index is -0.944. The van der Waals surface area contributed by atoms with Crippen LogP contribution in [-0.4, -0.2) is 11.8 Å². The number of aromatic nitrogens is 1. The van der Waals surface area contributed by atoms with Crippen LogP contribution in [-0.2, 0) is 0 Å². The Bertz CT molecular complexity index is 282. The maximum atomic E-state index is 11.6. The normalized spacial score (nSPS) is 8.73. The zero-order chi connectivity index (χ0) is 8.10. The first kappa shape index (κ1) is 7.48. The van der Waals surface area contributed by atoms with Crippen molar-refractivity contribution < 1.29 is 9.13 Å². The highest BCUT2D eigenvalue weighted by atomic mass is 19.1. The van der Waals surface area contributed by atoms with Crippen LogP contribution < -0.4 is 4.74 Å². The Balaban J connectivity index is 2.95. The van der Waals surface area contributed by atoms with E-state index in [1.54, 1.807) is 12.1 Å². The highest BCUT2D eigenvalue weighted by Crippen LogP contribution is 2.13. The minimum Gasteiger partial charge on any atom is -0.460 e. The van der Waals surface area contributed by atoms with E-state index in [2.05, 4.69) is 9.72 Å². The minimum absolute atomic E-state index is 0.102. The summed E-state index contributed by atoms with van der Waals surface area (Å²) < 4.78 is 16.1. The fraction of sp³-hybridized carbons (Fsp3) is 0.143. The number of pyridine rings is 1. The van der Waals surface area contributed by atoms with Crippen molar-refractivity contribution in [2.75, 3.05) is 6.86 Å². The molecule has 3 nitrogen and oxygen atoms in total. The first-order chi connectivity index (χ1) is 5.38. The molecule has 0 atom stereocenters. The largest absolute Gasteiger partial charge is 0.460 e. The SMILES string of the molecule is N#Cc1ncccc1OCF. The van der Waals surface area contributed by atoms with Crippen molar-refractivity contribution in [2.24, 2.45) is 0 Å². The molecule has 0 bridgehead atoms. The fourth-order valence-corrected chi connectivity index (χ4v) is 0.650. The van der Waals surface area contributed by atoms with Gasteiger partial charge in [-0.05, 0) is 12.1 Å². The summed E-state index contributed by atoms with van der Waals surface area (Å²) in [6.07, 6.45) is 1.45. The van der Waals surface area contributed by atoms with Crippen LogP contribution in [0.15, 0.2) is 18.3 Å². The van der Waals surface area contributed by atoms with E-state index in [0.29, 0.717) is 0 Å². The van der Waals surface area contributed by atoms with Crippen molar-refractivity contribution in [2.45, 2.75) is 0 Å². The van der Waals surface area contributed by atoms with E-state index < -0.39 is 6.86 Å². The molecule has 1 rings (SSSR count). The van der Waals surface area contributed by atoms with Crippen LogP contribution in [0.5, 0.6) is 5.75 Å². The molecule has 11 heavy (non-hydrogen) atoms. The lowest BCUT2D eigenvalue weighted by atomic mass is 10.3. The lowest BCUT2D eigenvalue weighted by Gasteiger charge is -1.99. The molecule has 0 aliphatic heterocycles. The molecule has 0 aliphatic rings. The molecule has 0 radical (unpaired) electrons. The van der Waals surface area contributed by atoms with Crippen molar-refractivity contribution in [3.05, 3.63) is 24.0 Å². The highest BCUT2D eigenvalue weighted by molar-refractivity contribution is 5.36. The lowest BCUT2D eigenvalue weighted by molar-refractivity contribution is 0.190. The first-order valence-electron chi connectivity index (χ1n) is 2.92. The van der Waals surface area contributed by atoms with Gasteiger partial charge in [0.05, 0.1) is 0 Å². The zero-order valence-electron chi connectivity index (χ0n) is 5.62. The Morgan fingerprint density at radius 2 is 2.55 bits per heavy atom. The number of nitrogens with zero attached hydrogens (tertiary/aromatic N) is 2. The van der Waals surface area contributed by atoms with Gasteiger partial charge in [-0.1, -0.05) is 0 Å². The van der Waals surface area contributed by atoms with Gasteiger partial charge in [0, 0.05) is 6.20 Å². The quantitative estimate of drug-likeness (QED) is 0.640. The Hall–Kier alpha value is -1.63. The van der Waals surface area contributed by atoms with Gasteiger partial charge < -0.3 is 4.74 Å². The van der Waals surface area contributed by atoms with Gasteiger partial charge in [-0.2, -0.15) is 5.26 Å². The van der Waals surface area contributed by atoms with Gasteiger partial charge in [0.1, 0.15) is 6.07 Å². The second-order valence-corrected chi connectivity index (χ2v) is 1.72. The summed E-state index contributed by atoms with van der Waals surface area (Å²) in [5.74, 6) is 0.178. The molecule has 0 N–H and O–H groups in total. The van der Waals surface area contributed by atoms with Crippen LogP contribution in [0.2, 0.25) is 0 Å². The smallest absolute Gasteiger partial charge is 0.228 e. The summed E-state index contributed by atoms with van der Waals surface area (Å²) >= 11 is 0. The van der Waals surface area contributed by atoms with Crippen LogP contribution >= 0.6 is 0 Å². The predicted molar refractivity (Wildman–Crippen MR) is 35.6 cm³/mol. The zero-order valence-corrected chi connectivity index (χ0v) is 5.62. The Kier molecular flexibility index (Phi) is 2.39. The average molecular weight is 152 g/mol. The number of nitriles is 1. The van der Waals surface area contributed by atoms with E-state index >= 15 is 0 Å². The van der Waals surface area contributed by atoms with Crippen molar-refractivity contribution >= 4 is 0 Å². The average Bonchev–Trinajstić information content (AvgIpc) is 2.06. The van der Waals surface area contributed by atoms with Gasteiger partial charge in [0.25, 0.3) is 0 Å². The fourth-order valence-electron chi connectivity index (χ4n) is 0.650. The maximum absolute atomic E-state index is 11.6. The highest BCUT2D eigenvalue weighted by Gasteiger charge is 2.00. The predicted octanol–water partition coefficient (Wildman–Crippen LogP) is 1.26. The standard InChI is InChI=1S/C7H5FN2O/c8-5-11-7-2-1-3-10-6(7)4-9/h1-3H,5H2. The van der Waals surface area contributed by atoms with Gasteiger partial charge in [0.2, 0.25) is 6.86 Å². The molecule has 1 heterocycles. The molecular formula is C7H5FN2O. The molecule has 1 aromatic rings. The Morgan fingerprint density at radius 3 is 3.18 bits per heavy atom. The molecule has 0 spiro atoms. The molecule has 0 unspecified atom stereocenters. The van der Waals surface area contributed by atoms with Crippen molar-refractivity contribution in [1.29, 1.82) is 5.26 Å². The van der Waals surface area contributed by atoms with E-state index in [1.807, 2.05) is 0 Å². The molecule has 1 aromatic heterocycles. The third kappa shape index (κ3) is 1.64. The number of rotatable bonds is 2. The second-order valence-electron chi connectivity index (χ2n) is 1.72. The molecular weight excluding hydrogens is 147 g/mol. The molecule has 56 valence electrons. The lowest BCUT2D eigenvalue weighted by Crippen LogP contribution is -1.94. The summed E-state index contributed by atoms with van der Waals surface area (Å²) in [7, 11) is 0. The molecule has 0 saturated carbocycles. The van der Waals surface area contributed by atoms with Gasteiger partial charge >= 0.3 is 0 Å².